The number of carbonyl (C=O) groups is 1. The van der Waals surface area contributed by atoms with Crippen molar-refractivity contribution in [2.75, 3.05) is 0 Å². The minimum atomic E-state index is 0.0119. The van der Waals surface area contributed by atoms with Crippen LogP contribution in [0.2, 0.25) is 10.0 Å². The van der Waals surface area contributed by atoms with E-state index in [0.717, 1.165) is 5.69 Å². The van der Waals surface area contributed by atoms with E-state index in [1.54, 1.807) is 29.1 Å². The quantitative estimate of drug-likeness (QED) is 0.804. The molecular formula is C13H12Cl2N2O. The lowest BCUT2D eigenvalue weighted by Crippen LogP contribution is -2.05. The third-order valence-electron chi connectivity index (χ3n) is 2.76. The van der Waals surface area contributed by atoms with E-state index in [1.807, 2.05) is 13.1 Å². The summed E-state index contributed by atoms with van der Waals surface area (Å²) < 4.78 is 1.76. The SMILES string of the molecule is Cn1nccc1CCC(=O)c1ccc(Cl)cc1Cl. The van der Waals surface area contributed by atoms with Gasteiger partial charge in [-0.1, -0.05) is 23.2 Å². The Morgan fingerprint density at radius 1 is 1.33 bits per heavy atom. The molecule has 0 aliphatic carbocycles. The summed E-state index contributed by atoms with van der Waals surface area (Å²) in [7, 11) is 1.86. The van der Waals surface area contributed by atoms with Crippen molar-refractivity contribution in [3.63, 3.8) is 0 Å². The Kier molecular flexibility index (Phi) is 4.04. The maximum atomic E-state index is 12.0. The summed E-state index contributed by atoms with van der Waals surface area (Å²) in [5, 5.41) is 4.99. The van der Waals surface area contributed by atoms with Crippen molar-refractivity contribution in [3.8, 4) is 0 Å². The standard InChI is InChI=1S/C13H12Cl2N2O/c1-17-10(6-7-16-17)3-5-13(18)11-4-2-9(14)8-12(11)15/h2,4,6-8H,3,5H2,1H3. The molecule has 0 aliphatic rings. The van der Waals surface area contributed by atoms with Gasteiger partial charge < -0.3 is 0 Å². The molecule has 0 aliphatic heterocycles. The first-order chi connectivity index (χ1) is 8.58. The molecule has 0 fully saturated rings. The molecule has 2 aromatic rings. The molecule has 0 bridgehead atoms. The highest BCUT2D eigenvalue weighted by atomic mass is 35.5. The lowest BCUT2D eigenvalue weighted by Gasteiger charge is -2.04. The van der Waals surface area contributed by atoms with Crippen molar-refractivity contribution in [2.45, 2.75) is 12.8 Å². The predicted octanol–water partition coefficient (Wildman–Crippen LogP) is 3.54. The zero-order valence-electron chi connectivity index (χ0n) is 9.86. The maximum Gasteiger partial charge on any atom is 0.164 e. The van der Waals surface area contributed by atoms with Gasteiger partial charge in [0.25, 0.3) is 0 Å². The number of hydrogen-bond acceptors (Lipinski definition) is 2. The van der Waals surface area contributed by atoms with Crippen molar-refractivity contribution in [1.29, 1.82) is 0 Å². The number of aromatic nitrogens is 2. The van der Waals surface area contributed by atoms with Crippen LogP contribution >= 0.6 is 23.2 Å². The average Bonchev–Trinajstić information content (AvgIpc) is 2.72. The second-order valence-electron chi connectivity index (χ2n) is 3.99. The van der Waals surface area contributed by atoms with Crippen LogP contribution in [0.3, 0.4) is 0 Å². The Morgan fingerprint density at radius 2 is 2.11 bits per heavy atom. The summed E-state index contributed by atoms with van der Waals surface area (Å²) >= 11 is 11.8. The van der Waals surface area contributed by atoms with Gasteiger partial charge in [-0.25, -0.2) is 0 Å². The van der Waals surface area contributed by atoms with Crippen molar-refractivity contribution < 1.29 is 4.79 Å². The molecule has 94 valence electrons. The molecule has 0 spiro atoms. The number of hydrogen-bond donors (Lipinski definition) is 0. The second-order valence-corrected chi connectivity index (χ2v) is 4.84. The van der Waals surface area contributed by atoms with Gasteiger partial charge in [-0.15, -0.1) is 0 Å². The third kappa shape index (κ3) is 2.92. The van der Waals surface area contributed by atoms with E-state index in [0.29, 0.717) is 28.5 Å². The zero-order chi connectivity index (χ0) is 13.1. The van der Waals surface area contributed by atoms with Crippen LogP contribution in [0, 0.1) is 0 Å². The highest BCUT2D eigenvalue weighted by Gasteiger charge is 2.11. The summed E-state index contributed by atoms with van der Waals surface area (Å²) in [6, 6.07) is 6.82. The van der Waals surface area contributed by atoms with E-state index in [4.69, 9.17) is 23.2 Å². The molecule has 1 aromatic carbocycles. The summed E-state index contributed by atoms with van der Waals surface area (Å²) in [6.45, 7) is 0. The topological polar surface area (TPSA) is 34.9 Å². The third-order valence-corrected chi connectivity index (χ3v) is 3.31. The summed E-state index contributed by atoms with van der Waals surface area (Å²) in [5.74, 6) is 0.0119. The van der Waals surface area contributed by atoms with Gasteiger partial charge in [0.2, 0.25) is 0 Å². The van der Waals surface area contributed by atoms with Gasteiger partial charge in [0.15, 0.2) is 5.78 Å². The number of nitrogens with zero attached hydrogens (tertiary/aromatic N) is 2. The van der Waals surface area contributed by atoms with Gasteiger partial charge in [0.1, 0.15) is 0 Å². The summed E-state index contributed by atoms with van der Waals surface area (Å²) in [6.07, 6.45) is 2.77. The number of benzene rings is 1. The predicted molar refractivity (Wildman–Crippen MR) is 72.3 cm³/mol. The number of halogens is 2. The monoisotopic (exact) mass is 282 g/mol. The molecule has 1 aromatic heterocycles. The first-order valence-electron chi connectivity index (χ1n) is 5.53. The Bertz CT molecular complexity index is 578. The number of aryl methyl sites for hydroxylation is 2. The van der Waals surface area contributed by atoms with Gasteiger partial charge in [-0.05, 0) is 30.7 Å². The van der Waals surface area contributed by atoms with E-state index >= 15 is 0 Å². The van der Waals surface area contributed by atoms with E-state index in [1.165, 1.54) is 0 Å². The van der Waals surface area contributed by atoms with Crippen LogP contribution in [0.1, 0.15) is 22.5 Å². The zero-order valence-corrected chi connectivity index (χ0v) is 11.4. The molecule has 0 N–H and O–H groups in total. The minimum absolute atomic E-state index is 0.0119. The molecule has 0 radical (unpaired) electrons. The molecule has 0 saturated carbocycles. The van der Waals surface area contributed by atoms with Crippen LogP contribution in [-0.4, -0.2) is 15.6 Å². The van der Waals surface area contributed by atoms with Crippen LogP contribution in [-0.2, 0) is 13.5 Å². The minimum Gasteiger partial charge on any atom is -0.294 e. The van der Waals surface area contributed by atoms with Gasteiger partial charge in [0, 0.05) is 35.9 Å². The van der Waals surface area contributed by atoms with Crippen molar-refractivity contribution in [2.24, 2.45) is 7.05 Å². The molecule has 2 rings (SSSR count). The number of rotatable bonds is 4. The van der Waals surface area contributed by atoms with E-state index in [9.17, 15) is 4.79 Å². The van der Waals surface area contributed by atoms with Crippen LogP contribution < -0.4 is 0 Å². The molecule has 5 heteroatoms. The van der Waals surface area contributed by atoms with Crippen LogP contribution in [0.5, 0.6) is 0 Å². The van der Waals surface area contributed by atoms with Crippen molar-refractivity contribution >= 4 is 29.0 Å². The highest BCUT2D eigenvalue weighted by Crippen LogP contribution is 2.22. The lowest BCUT2D eigenvalue weighted by molar-refractivity contribution is 0.0982. The molecular weight excluding hydrogens is 271 g/mol. The molecule has 18 heavy (non-hydrogen) atoms. The van der Waals surface area contributed by atoms with E-state index in [-0.39, 0.29) is 5.78 Å². The Morgan fingerprint density at radius 3 is 2.72 bits per heavy atom. The summed E-state index contributed by atoms with van der Waals surface area (Å²) in [5.41, 5.74) is 1.54. The van der Waals surface area contributed by atoms with Gasteiger partial charge in [-0.2, -0.15) is 5.10 Å². The Labute approximate surface area is 115 Å². The number of ketones is 1. The Hall–Kier alpha value is -1.32. The van der Waals surface area contributed by atoms with Crippen molar-refractivity contribution in [1.82, 2.24) is 9.78 Å². The molecule has 0 unspecified atom stereocenters. The largest absolute Gasteiger partial charge is 0.294 e. The molecule has 0 saturated heterocycles. The van der Waals surface area contributed by atoms with Crippen LogP contribution in [0.25, 0.3) is 0 Å². The first-order valence-corrected chi connectivity index (χ1v) is 6.28. The maximum absolute atomic E-state index is 12.0. The fourth-order valence-electron chi connectivity index (χ4n) is 1.74. The average molecular weight is 283 g/mol. The first kappa shape index (κ1) is 13.1. The van der Waals surface area contributed by atoms with Crippen LogP contribution in [0.15, 0.2) is 30.5 Å². The normalized spacial score (nSPS) is 10.6. The fraction of sp³-hybridized carbons (Fsp3) is 0.231. The lowest BCUT2D eigenvalue weighted by atomic mass is 10.1. The van der Waals surface area contributed by atoms with Gasteiger partial charge in [0.05, 0.1) is 5.02 Å². The smallest absolute Gasteiger partial charge is 0.164 e. The fourth-order valence-corrected chi connectivity index (χ4v) is 2.25. The second kappa shape index (κ2) is 5.55. The molecule has 1 heterocycles. The van der Waals surface area contributed by atoms with Crippen LogP contribution in [0.4, 0.5) is 0 Å². The molecule has 3 nitrogen and oxygen atoms in total. The molecule has 0 amide bonds. The van der Waals surface area contributed by atoms with Crippen molar-refractivity contribution in [3.05, 3.63) is 51.8 Å². The molecule has 0 atom stereocenters. The number of carbonyl (C=O) groups excluding carboxylic acids is 1. The van der Waals surface area contributed by atoms with E-state index < -0.39 is 0 Å². The van der Waals surface area contributed by atoms with Gasteiger partial charge >= 0.3 is 0 Å². The van der Waals surface area contributed by atoms with Gasteiger partial charge in [-0.3, -0.25) is 9.48 Å². The van der Waals surface area contributed by atoms with E-state index in [2.05, 4.69) is 5.10 Å². The highest BCUT2D eigenvalue weighted by molar-refractivity contribution is 6.36. The summed E-state index contributed by atoms with van der Waals surface area (Å²) in [4.78, 5) is 12.0. The number of Topliss-reactive ketones (excluding diaryl/α,β-unsaturated/α-hetero) is 1. The Balaban J connectivity index is 2.06.